The van der Waals surface area contributed by atoms with Crippen molar-refractivity contribution < 1.29 is 0 Å². The molecule has 0 aromatic heterocycles. The molecule has 0 unspecified atom stereocenters. The minimum atomic E-state index is 0.363. The van der Waals surface area contributed by atoms with Crippen LogP contribution in [0.4, 0.5) is 0 Å². The Morgan fingerprint density at radius 3 is 2.54 bits per heavy atom. The van der Waals surface area contributed by atoms with Gasteiger partial charge in [0.1, 0.15) is 0 Å². The van der Waals surface area contributed by atoms with Crippen molar-refractivity contribution in [3.8, 4) is 0 Å². The summed E-state index contributed by atoms with van der Waals surface area (Å²) in [7, 11) is 4.29. The van der Waals surface area contributed by atoms with E-state index in [1.165, 1.54) is 18.5 Å². The van der Waals surface area contributed by atoms with Gasteiger partial charge in [0.05, 0.1) is 0 Å². The maximum Gasteiger partial charge on any atom is 0.0180 e. The van der Waals surface area contributed by atoms with E-state index >= 15 is 0 Å². The second-order valence-corrected chi connectivity index (χ2v) is 4.72. The Morgan fingerprint density at radius 1 is 1.46 bits per heavy atom. The summed E-state index contributed by atoms with van der Waals surface area (Å²) in [4.78, 5) is 2.27. The van der Waals surface area contributed by atoms with Crippen LogP contribution in [0.3, 0.4) is 0 Å². The van der Waals surface area contributed by atoms with E-state index in [4.69, 9.17) is 0 Å². The minimum absolute atomic E-state index is 0.363. The zero-order valence-corrected chi connectivity index (χ0v) is 9.35. The second kappa shape index (κ2) is 3.57. The first-order chi connectivity index (χ1) is 5.99. The van der Waals surface area contributed by atoms with Crippen LogP contribution >= 0.6 is 0 Å². The molecule has 74 valence electrons. The van der Waals surface area contributed by atoms with Gasteiger partial charge in [-0.2, -0.15) is 0 Å². The van der Waals surface area contributed by atoms with Crippen molar-refractivity contribution in [1.82, 2.24) is 4.90 Å². The van der Waals surface area contributed by atoms with Crippen molar-refractivity contribution in [2.24, 2.45) is 5.41 Å². The summed E-state index contributed by atoms with van der Waals surface area (Å²) in [6.07, 6.45) is 5.59. The fraction of sp³-hybridized carbons (Fsp3) is 0.667. The highest BCUT2D eigenvalue weighted by Crippen LogP contribution is 2.44. The average molecular weight is 179 g/mol. The Labute approximate surface area is 82.1 Å². The topological polar surface area (TPSA) is 3.24 Å². The average Bonchev–Trinajstić information content (AvgIpc) is 2.26. The van der Waals surface area contributed by atoms with E-state index in [1.54, 1.807) is 5.57 Å². The Hall–Kier alpha value is -0.720. The van der Waals surface area contributed by atoms with Gasteiger partial charge >= 0.3 is 0 Å². The van der Waals surface area contributed by atoms with E-state index in [1.807, 2.05) is 6.08 Å². The number of allylic oxidation sites excluding steroid dienone is 3. The second-order valence-electron chi connectivity index (χ2n) is 4.72. The summed E-state index contributed by atoms with van der Waals surface area (Å²) in [6.45, 7) is 8.48. The van der Waals surface area contributed by atoms with Crippen LogP contribution in [0.25, 0.3) is 0 Å². The summed E-state index contributed by atoms with van der Waals surface area (Å²) in [5, 5.41) is 0. The van der Waals surface area contributed by atoms with Gasteiger partial charge in [0.15, 0.2) is 0 Å². The predicted molar refractivity (Wildman–Crippen MR) is 58.5 cm³/mol. The van der Waals surface area contributed by atoms with E-state index < -0.39 is 0 Å². The molecule has 0 bridgehead atoms. The predicted octanol–water partition coefficient (Wildman–Crippen LogP) is 3.20. The number of nitrogens with zero attached hydrogens (tertiary/aromatic N) is 1. The van der Waals surface area contributed by atoms with Gasteiger partial charge in [0.2, 0.25) is 0 Å². The Morgan fingerprint density at radius 2 is 2.08 bits per heavy atom. The highest BCUT2D eigenvalue weighted by molar-refractivity contribution is 5.26. The van der Waals surface area contributed by atoms with Crippen molar-refractivity contribution >= 4 is 0 Å². The summed E-state index contributed by atoms with van der Waals surface area (Å²) in [5.74, 6) is 0. The third-order valence-corrected chi connectivity index (χ3v) is 2.87. The normalized spacial score (nSPS) is 20.6. The van der Waals surface area contributed by atoms with Gasteiger partial charge in [-0.1, -0.05) is 19.9 Å². The van der Waals surface area contributed by atoms with Crippen LogP contribution in [0.5, 0.6) is 0 Å². The van der Waals surface area contributed by atoms with E-state index in [0.717, 1.165) is 6.42 Å². The van der Waals surface area contributed by atoms with Crippen LogP contribution < -0.4 is 0 Å². The monoisotopic (exact) mass is 179 g/mol. The van der Waals surface area contributed by atoms with Gasteiger partial charge in [-0.25, -0.2) is 0 Å². The first-order valence-electron chi connectivity index (χ1n) is 5.00. The van der Waals surface area contributed by atoms with Gasteiger partial charge in [0.25, 0.3) is 0 Å². The first kappa shape index (κ1) is 10.4. The van der Waals surface area contributed by atoms with Gasteiger partial charge in [0, 0.05) is 25.2 Å². The number of rotatable bonds is 3. The SMILES string of the molecule is C=CCC1=C(N(C)C)C(C)(C)CC1. The fourth-order valence-electron chi connectivity index (χ4n) is 2.47. The molecule has 0 spiro atoms. The largest absolute Gasteiger partial charge is 0.381 e. The highest BCUT2D eigenvalue weighted by Gasteiger charge is 2.32. The molecule has 1 nitrogen and oxygen atoms in total. The summed E-state index contributed by atoms with van der Waals surface area (Å²) in [6, 6.07) is 0. The Bertz CT molecular complexity index is 234. The molecule has 1 rings (SSSR count). The van der Waals surface area contributed by atoms with Crippen LogP contribution in [-0.2, 0) is 0 Å². The van der Waals surface area contributed by atoms with Crippen LogP contribution in [0, 0.1) is 5.41 Å². The van der Waals surface area contributed by atoms with Gasteiger partial charge < -0.3 is 4.90 Å². The zero-order chi connectivity index (χ0) is 10.1. The molecule has 13 heavy (non-hydrogen) atoms. The maximum atomic E-state index is 3.81. The molecule has 0 N–H and O–H groups in total. The molecule has 0 saturated heterocycles. The summed E-state index contributed by atoms with van der Waals surface area (Å²) < 4.78 is 0. The molecule has 0 aromatic carbocycles. The summed E-state index contributed by atoms with van der Waals surface area (Å²) in [5.41, 5.74) is 3.46. The Balaban J connectivity index is 2.97. The van der Waals surface area contributed by atoms with Crippen molar-refractivity contribution in [2.75, 3.05) is 14.1 Å². The molecule has 0 aliphatic heterocycles. The standard InChI is InChI=1S/C12H21N/c1-6-7-10-8-9-12(2,3)11(10)13(4)5/h6H,1,7-9H2,2-5H3. The molecule has 1 heteroatoms. The lowest BCUT2D eigenvalue weighted by atomic mass is 9.89. The molecule has 0 fully saturated rings. The quantitative estimate of drug-likeness (QED) is 0.601. The van der Waals surface area contributed by atoms with Gasteiger partial charge in [-0.15, -0.1) is 6.58 Å². The summed E-state index contributed by atoms with van der Waals surface area (Å²) >= 11 is 0. The van der Waals surface area contributed by atoms with Crippen molar-refractivity contribution in [2.45, 2.75) is 33.1 Å². The molecule has 0 aromatic rings. The molecule has 0 radical (unpaired) electrons. The highest BCUT2D eigenvalue weighted by atomic mass is 15.1. The molecule has 0 heterocycles. The van der Waals surface area contributed by atoms with Crippen LogP contribution in [0.15, 0.2) is 23.9 Å². The molecular weight excluding hydrogens is 158 g/mol. The molecule has 0 saturated carbocycles. The minimum Gasteiger partial charge on any atom is -0.381 e. The third-order valence-electron chi connectivity index (χ3n) is 2.87. The molecule has 1 aliphatic carbocycles. The lowest BCUT2D eigenvalue weighted by Crippen LogP contribution is -2.23. The maximum absolute atomic E-state index is 3.81. The van der Waals surface area contributed by atoms with Crippen molar-refractivity contribution in [1.29, 1.82) is 0 Å². The van der Waals surface area contributed by atoms with Gasteiger partial charge in [-0.05, 0) is 24.8 Å². The third kappa shape index (κ3) is 1.96. The van der Waals surface area contributed by atoms with Gasteiger partial charge in [-0.3, -0.25) is 0 Å². The first-order valence-corrected chi connectivity index (χ1v) is 5.00. The number of hydrogen-bond donors (Lipinski definition) is 0. The van der Waals surface area contributed by atoms with E-state index in [2.05, 4.69) is 39.4 Å². The van der Waals surface area contributed by atoms with E-state index in [-0.39, 0.29) is 0 Å². The van der Waals surface area contributed by atoms with Crippen LogP contribution in [-0.4, -0.2) is 19.0 Å². The van der Waals surface area contributed by atoms with Crippen LogP contribution in [0.2, 0.25) is 0 Å². The lowest BCUT2D eigenvalue weighted by Gasteiger charge is -2.29. The Kier molecular flexibility index (Phi) is 2.84. The van der Waals surface area contributed by atoms with Crippen molar-refractivity contribution in [3.63, 3.8) is 0 Å². The van der Waals surface area contributed by atoms with Crippen LogP contribution in [0.1, 0.15) is 33.1 Å². The van der Waals surface area contributed by atoms with E-state index in [9.17, 15) is 0 Å². The zero-order valence-electron chi connectivity index (χ0n) is 9.35. The number of hydrogen-bond acceptors (Lipinski definition) is 1. The lowest BCUT2D eigenvalue weighted by molar-refractivity contribution is 0.333. The smallest absolute Gasteiger partial charge is 0.0180 e. The molecule has 0 atom stereocenters. The molecular formula is C12H21N. The van der Waals surface area contributed by atoms with E-state index in [0.29, 0.717) is 5.41 Å². The van der Waals surface area contributed by atoms with Crippen molar-refractivity contribution in [3.05, 3.63) is 23.9 Å². The molecule has 0 amide bonds. The fourth-order valence-corrected chi connectivity index (χ4v) is 2.47. The molecule has 1 aliphatic rings.